The maximum atomic E-state index is 9.88. The first-order valence-corrected chi connectivity index (χ1v) is 6.62. The van der Waals surface area contributed by atoms with Crippen LogP contribution in [0, 0.1) is 0 Å². The van der Waals surface area contributed by atoms with Crippen LogP contribution in [0.3, 0.4) is 0 Å². The van der Waals surface area contributed by atoms with Crippen LogP contribution >= 0.6 is 0 Å². The van der Waals surface area contributed by atoms with Crippen molar-refractivity contribution in [3.63, 3.8) is 0 Å². The van der Waals surface area contributed by atoms with Crippen LogP contribution in [0.1, 0.15) is 44.8 Å². The van der Waals surface area contributed by atoms with Gasteiger partial charge in [-0.2, -0.15) is 5.10 Å². The zero-order valence-corrected chi connectivity index (χ0v) is 12.0. The first kappa shape index (κ1) is 13.7. The Hall–Kier alpha value is -1.69. The molecule has 0 aliphatic heterocycles. The van der Waals surface area contributed by atoms with Crippen LogP contribution in [0.5, 0.6) is 0 Å². The Morgan fingerprint density at radius 1 is 1.32 bits per heavy atom. The fourth-order valence-electron chi connectivity index (χ4n) is 1.91. The van der Waals surface area contributed by atoms with Gasteiger partial charge in [0.2, 0.25) is 0 Å². The number of hydrogen-bond acceptors (Lipinski definition) is 4. The Bertz CT molecular complexity index is 550. The zero-order chi connectivity index (χ0) is 14.0. The van der Waals surface area contributed by atoms with E-state index in [-0.39, 0.29) is 0 Å². The molecule has 0 aliphatic rings. The molecule has 19 heavy (non-hydrogen) atoms. The maximum absolute atomic E-state index is 9.88. The van der Waals surface area contributed by atoms with Crippen molar-refractivity contribution in [2.75, 3.05) is 0 Å². The summed E-state index contributed by atoms with van der Waals surface area (Å²) in [6.07, 6.45) is 2.70. The van der Waals surface area contributed by atoms with Gasteiger partial charge in [0.1, 0.15) is 11.3 Å². The number of hydrogen-bond donors (Lipinski definition) is 1. The first-order chi connectivity index (χ1) is 8.94. The highest BCUT2D eigenvalue weighted by Gasteiger charge is 2.20. The van der Waals surface area contributed by atoms with E-state index in [4.69, 9.17) is 0 Å². The standard InChI is InChI=1S/C13H21N5O/c1-5-10-7-11(18(6-2)15-10)8-17-9-12(14-16-17)13(3,4)19/h7,9,19H,5-6,8H2,1-4H3. The highest BCUT2D eigenvalue weighted by molar-refractivity contribution is 5.11. The van der Waals surface area contributed by atoms with Gasteiger partial charge >= 0.3 is 0 Å². The van der Waals surface area contributed by atoms with Crippen molar-refractivity contribution in [1.29, 1.82) is 0 Å². The van der Waals surface area contributed by atoms with Crippen molar-refractivity contribution in [3.05, 3.63) is 29.3 Å². The van der Waals surface area contributed by atoms with Crippen molar-refractivity contribution in [1.82, 2.24) is 24.8 Å². The van der Waals surface area contributed by atoms with Gasteiger partial charge in [0.05, 0.1) is 24.1 Å². The van der Waals surface area contributed by atoms with Crippen LogP contribution in [0.15, 0.2) is 12.3 Å². The van der Waals surface area contributed by atoms with Crippen molar-refractivity contribution in [2.45, 2.75) is 52.8 Å². The minimum absolute atomic E-state index is 0.575. The molecule has 0 amide bonds. The molecule has 0 atom stereocenters. The normalized spacial score (nSPS) is 12.1. The lowest BCUT2D eigenvalue weighted by atomic mass is 10.1. The second kappa shape index (κ2) is 5.13. The summed E-state index contributed by atoms with van der Waals surface area (Å²) in [5.74, 6) is 0. The highest BCUT2D eigenvalue weighted by atomic mass is 16.3. The minimum atomic E-state index is -0.960. The Labute approximate surface area is 113 Å². The van der Waals surface area contributed by atoms with E-state index in [2.05, 4.69) is 35.3 Å². The summed E-state index contributed by atoms with van der Waals surface area (Å²) in [6.45, 7) is 9.01. The lowest BCUT2D eigenvalue weighted by molar-refractivity contribution is 0.0737. The Morgan fingerprint density at radius 3 is 2.58 bits per heavy atom. The molecule has 104 valence electrons. The number of nitrogens with zero attached hydrogens (tertiary/aromatic N) is 5. The summed E-state index contributed by atoms with van der Waals surface area (Å²) >= 11 is 0. The molecule has 0 spiro atoms. The van der Waals surface area contributed by atoms with Crippen molar-refractivity contribution >= 4 is 0 Å². The molecule has 0 saturated carbocycles. The van der Waals surface area contributed by atoms with Gasteiger partial charge in [-0.25, -0.2) is 4.68 Å². The van der Waals surface area contributed by atoms with Crippen LogP contribution in [0.25, 0.3) is 0 Å². The summed E-state index contributed by atoms with van der Waals surface area (Å²) in [7, 11) is 0. The highest BCUT2D eigenvalue weighted by Crippen LogP contribution is 2.16. The average molecular weight is 263 g/mol. The van der Waals surface area contributed by atoms with Crippen LogP contribution in [-0.4, -0.2) is 29.9 Å². The molecule has 0 bridgehead atoms. The molecule has 6 nitrogen and oxygen atoms in total. The summed E-state index contributed by atoms with van der Waals surface area (Å²) in [5.41, 5.74) is 1.80. The van der Waals surface area contributed by atoms with Crippen LogP contribution < -0.4 is 0 Å². The molecule has 2 aromatic rings. The molecule has 6 heteroatoms. The molecule has 0 unspecified atom stereocenters. The number of aliphatic hydroxyl groups is 1. The monoisotopic (exact) mass is 263 g/mol. The summed E-state index contributed by atoms with van der Waals surface area (Å²) in [4.78, 5) is 0. The Balaban J connectivity index is 2.21. The van der Waals surface area contributed by atoms with E-state index in [1.165, 1.54) is 0 Å². The van der Waals surface area contributed by atoms with Gasteiger partial charge in [0, 0.05) is 6.54 Å². The molecule has 0 radical (unpaired) electrons. The number of aryl methyl sites for hydroxylation is 2. The smallest absolute Gasteiger partial charge is 0.114 e. The van der Waals surface area contributed by atoms with Crippen molar-refractivity contribution in [2.24, 2.45) is 0 Å². The fraction of sp³-hybridized carbons (Fsp3) is 0.615. The number of aromatic nitrogens is 5. The van der Waals surface area contributed by atoms with Gasteiger partial charge in [-0.15, -0.1) is 5.10 Å². The molecule has 2 rings (SSSR count). The van der Waals surface area contributed by atoms with Gasteiger partial charge in [0.25, 0.3) is 0 Å². The van der Waals surface area contributed by atoms with Crippen LogP contribution in [0.2, 0.25) is 0 Å². The van der Waals surface area contributed by atoms with Gasteiger partial charge in [-0.05, 0) is 33.3 Å². The average Bonchev–Trinajstić information content (AvgIpc) is 2.95. The van der Waals surface area contributed by atoms with E-state index in [1.807, 2.05) is 4.68 Å². The lowest BCUT2D eigenvalue weighted by Gasteiger charge is -2.11. The zero-order valence-electron chi connectivity index (χ0n) is 12.0. The Kier molecular flexibility index (Phi) is 3.71. The predicted molar refractivity (Wildman–Crippen MR) is 71.6 cm³/mol. The second-order valence-electron chi connectivity index (χ2n) is 5.16. The SMILES string of the molecule is CCc1cc(Cn2cc(C(C)(C)O)nn2)n(CC)n1. The lowest BCUT2D eigenvalue weighted by Crippen LogP contribution is -2.16. The van der Waals surface area contributed by atoms with E-state index >= 15 is 0 Å². The van der Waals surface area contributed by atoms with Crippen molar-refractivity contribution in [3.8, 4) is 0 Å². The van der Waals surface area contributed by atoms with Gasteiger partial charge in [0.15, 0.2) is 0 Å². The summed E-state index contributed by atoms with van der Waals surface area (Å²) in [5, 5.41) is 22.4. The van der Waals surface area contributed by atoms with Gasteiger partial charge in [-0.1, -0.05) is 12.1 Å². The molecule has 1 N–H and O–H groups in total. The largest absolute Gasteiger partial charge is 0.384 e. The van der Waals surface area contributed by atoms with E-state index in [1.54, 1.807) is 24.7 Å². The van der Waals surface area contributed by atoms with Gasteiger partial charge in [-0.3, -0.25) is 4.68 Å². The minimum Gasteiger partial charge on any atom is -0.384 e. The molecule has 0 aromatic carbocycles. The van der Waals surface area contributed by atoms with E-state index in [0.717, 1.165) is 24.4 Å². The summed E-state index contributed by atoms with van der Waals surface area (Å²) < 4.78 is 3.71. The van der Waals surface area contributed by atoms with Crippen molar-refractivity contribution < 1.29 is 5.11 Å². The van der Waals surface area contributed by atoms with E-state index in [0.29, 0.717) is 12.2 Å². The molecule has 0 saturated heterocycles. The van der Waals surface area contributed by atoms with Crippen LogP contribution in [-0.2, 0) is 25.1 Å². The molecular formula is C13H21N5O. The van der Waals surface area contributed by atoms with E-state index < -0.39 is 5.60 Å². The summed E-state index contributed by atoms with van der Waals surface area (Å²) in [6, 6.07) is 2.09. The second-order valence-corrected chi connectivity index (χ2v) is 5.16. The molecule has 0 aliphatic carbocycles. The topological polar surface area (TPSA) is 68.8 Å². The van der Waals surface area contributed by atoms with Gasteiger partial charge < -0.3 is 5.11 Å². The predicted octanol–water partition coefficient (Wildman–Crippen LogP) is 1.33. The third kappa shape index (κ3) is 3.01. The molecule has 2 heterocycles. The third-order valence-electron chi connectivity index (χ3n) is 3.07. The third-order valence-corrected chi connectivity index (χ3v) is 3.07. The number of rotatable bonds is 5. The van der Waals surface area contributed by atoms with E-state index in [9.17, 15) is 5.11 Å². The quantitative estimate of drug-likeness (QED) is 0.883. The Morgan fingerprint density at radius 2 is 2.05 bits per heavy atom. The molecule has 2 aromatic heterocycles. The van der Waals surface area contributed by atoms with Crippen LogP contribution in [0.4, 0.5) is 0 Å². The fourth-order valence-corrected chi connectivity index (χ4v) is 1.91. The molecular weight excluding hydrogens is 242 g/mol. The maximum Gasteiger partial charge on any atom is 0.114 e. The first-order valence-electron chi connectivity index (χ1n) is 6.62. The molecule has 0 fully saturated rings.